The van der Waals surface area contributed by atoms with Crippen molar-refractivity contribution >= 4 is 27.6 Å². The number of nitrogens with zero attached hydrogens (tertiary/aromatic N) is 2. The molecule has 8 heteroatoms. The minimum absolute atomic E-state index is 0.0374. The number of rotatable bonds is 5. The van der Waals surface area contributed by atoms with Crippen LogP contribution < -0.4 is 0 Å². The Morgan fingerprint density at radius 1 is 1.50 bits per heavy atom. The van der Waals surface area contributed by atoms with Gasteiger partial charge in [0.25, 0.3) is 0 Å². The molecule has 1 N–H and O–H groups in total. The Morgan fingerprint density at radius 3 is 2.60 bits per heavy atom. The van der Waals surface area contributed by atoms with Gasteiger partial charge >= 0.3 is 5.97 Å². The van der Waals surface area contributed by atoms with E-state index in [2.05, 4.69) is 5.92 Å². The van der Waals surface area contributed by atoms with E-state index < -0.39 is 22.5 Å². The van der Waals surface area contributed by atoms with Gasteiger partial charge in [-0.3, -0.25) is 4.79 Å². The second kappa shape index (κ2) is 6.40. The van der Waals surface area contributed by atoms with Crippen molar-refractivity contribution in [3.05, 3.63) is 28.8 Å². The van der Waals surface area contributed by atoms with Gasteiger partial charge in [0.05, 0.1) is 22.0 Å². The molecule has 0 saturated heterocycles. The SMILES string of the molecule is C#CCN(CC(=O)O)S(=O)(=O)c1ccc(C#N)c(Cl)c1. The molecule has 0 atom stereocenters. The number of carboxylic acids is 1. The van der Waals surface area contributed by atoms with E-state index in [1.165, 1.54) is 12.1 Å². The van der Waals surface area contributed by atoms with Crippen LogP contribution in [0.5, 0.6) is 0 Å². The molecular weight excluding hydrogens is 304 g/mol. The molecule has 0 aromatic heterocycles. The van der Waals surface area contributed by atoms with E-state index in [4.69, 9.17) is 28.4 Å². The summed E-state index contributed by atoms with van der Waals surface area (Å²) in [4.78, 5) is 10.5. The van der Waals surface area contributed by atoms with E-state index >= 15 is 0 Å². The molecule has 0 radical (unpaired) electrons. The van der Waals surface area contributed by atoms with E-state index in [0.717, 1.165) is 6.07 Å². The highest BCUT2D eigenvalue weighted by Crippen LogP contribution is 2.22. The van der Waals surface area contributed by atoms with E-state index in [9.17, 15) is 13.2 Å². The van der Waals surface area contributed by atoms with Gasteiger partial charge in [-0.25, -0.2) is 8.42 Å². The fourth-order valence-corrected chi connectivity index (χ4v) is 2.99. The van der Waals surface area contributed by atoms with Crippen molar-refractivity contribution in [3.63, 3.8) is 0 Å². The van der Waals surface area contributed by atoms with Crippen molar-refractivity contribution < 1.29 is 18.3 Å². The van der Waals surface area contributed by atoms with Gasteiger partial charge in [0.2, 0.25) is 10.0 Å². The standard InChI is InChI=1S/C12H9ClN2O4S/c1-2-5-15(8-12(16)17)20(18,19)10-4-3-9(7-14)11(13)6-10/h1,3-4,6H,5,8H2,(H,16,17). The summed E-state index contributed by atoms with van der Waals surface area (Å²) >= 11 is 5.76. The van der Waals surface area contributed by atoms with Crippen molar-refractivity contribution in [2.75, 3.05) is 13.1 Å². The van der Waals surface area contributed by atoms with Gasteiger partial charge in [0, 0.05) is 0 Å². The predicted octanol–water partition coefficient (Wildman–Crippen LogP) is 0.920. The van der Waals surface area contributed by atoms with Crippen LogP contribution in [0.3, 0.4) is 0 Å². The van der Waals surface area contributed by atoms with Gasteiger partial charge in [-0.15, -0.1) is 6.42 Å². The maximum absolute atomic E-state index is 12.2. The van der Waals surface area contributed by atoms with Crippen molar-refractivity contribution in [3.8, 4) is 18.4 Å². The lowest BCUT2D eigenvalue weighted by molar-refractivity contribution is -0.137. The number of hydrogen-bond acceptors (Lipinski definition) is 4. The zero-order valence-corrected chi connectivity index (χ0v) is 11.6. The normalized spacial score (nSPS) is 10.8. The van der Waals surface area contributed by atoms with Crippen LogP contribution in [-0.4, -0.2) is 36.9 Å². The zero-order chi connectivity index (χ0) is 15.3. The Hall–Kier alpha value is -2.06. The number of carboxylic acid groups (broad SMARTS) is 1. The van der Waals surface area contributed by atoms with Crippen molar-refractivity contribution in [2.45, 2.75) is 4.90 Å². The minimum atomic E-state index is -4.09. The first kappa shape index (κ1) is 16.0. The average molecular weight is 313 g/mol. The number of aliphatic carboxylic acids is 1. The lowest BCUT2D eigenvalue weighted by Crippen LogP contribution is -2.36. The molecule has 1 aromatic carbocycles. The van der Waals surface area contributed by atoms with Gasteiger partial charge in [-0.05, 0) is 18.2 Å². The second-order valence-electron chi connectivity index (χ2n) is 3.62. The van der Waals surface area contributed by atoms with Gasteiger partial charge < -0.3 is 5.11 Å². The van der Waals surface area contributed by atoms with Crippen LogP contribution in [0.4, 0.5) is 0 Å². The third-order valence-electron chi connectivity index (χ3n) is 2.28. The summed E-state index contributed by atoms with van der Waals surface area (Å²) in [7, 11) is -4.09. The van der Waals surface area contributed by atoms with E-state index in [0.29, 0.717) is 4.31 Å². The average Bonchev–Trinajstić information content (AvgIpc) is 2.37. The van der Waals surface area contributed by atoms with Crippen LogP contribution in [0.1, 0.15) is 5.56 Å². The fraction of sp³-hybridized carbons (Fsp3) is 0.167. The molecule has 1 rings (SSSR count). The van der Waals surface area contributed by atoms with Crippen molar-refractivity contribution in [2.24, 2.45) is 0 Å². The monoisotopic (exact) mass is 312 g/mol. The quantitative estimate of drug-likeness (QED) is 0.815. The maximum Gasteiger partial charge on any atom is 0.318 e. The van der Waals surface area contributed by atoms with E-state index in [1.54, 1.807) is 6.07 Å². The first-order valence-corrected chi connectivity index (χ1v) is 6.99. The first-order chi connectivity index (χ1) is 9.32. The molecule has 0 aliphatic heterocycles. The highest BCUT2D eigenvalue weighted by molar-refractivity contribution is 7.89. The van der Waals surface area contributed by atoms with Gasteiger partial charge in [-0.1, -0.05) is 17.5 Å². The lowest BCUT2D eigenvalue weighted by atomic mass is 10.2. The number of sulfonamides is 1. The van der Waals surface area contributed by atoms with Crippen LogP contribution >= 0.6 is 11.6 Å². The predicted molar refractivity (Wildman–Crippen MR) is 71.4 cm³/mol. The molecule has 20 heavy (non-hydrogen) atoms. The van der Waals surface area contributed by atoms with Gasteiger partial charge in [-0.2, -0.15) is 9.57 Å². The zero-order valence-electron chi connectivity index (χ0n) is 10.1. The Balaban J connectivity index is 3.27. The molecule has 6 nitrogen and oxygen atoms in total. The third kappa shape index (κ3) is 3.49. The van der Waals surface area contributed by atoms with Crippen LogP contribution in [0.2, 0.25) is 5.02 Å². The number of benzene rings is 1. The summed E-state index contributed by atoms with van der Waals surface area (Å²) < 4.78 is 25.1. The lowest BCUT2D eigenvalue weighted by Gasteiger charge is -2.17. The summed E-state index contributed by atoms with van der Waals surface area (Å²) in [5.41, 5.74) is 0.118. The number of nitriles is 1. The number of hydrogen-bond donors (Lipinski definition) is 1. The number of carbonyl (C=O) groups is 1. The second-order valence-corrected chi connectivity index (χ2v) is 5.97. The molecule has 0 heterocycles. The molecule has 0 spiro atoms. The maximum atomic E-state index is 12.2. The van der Waals surface area contributed by atoms with Crippen molar-refractivity contribution in [1.29, 1.82) is 5.26 Å². The van der Waals surface area contributed by atoms with Crippen LogP contribution in [-0.2, 0) is 14.8 Å². The van der Waals surface area contributed by atoms with Crippen molar-refractivity contribution in [1.82, 2.24) is 4.31 Å². The van der Waals surface area contributed by atoms with Crippen LogP contribution in [0, 0.1) is 23.7 Å². The van der Waals surface area contributed by atoms with Gasteiger partial charge in [0.15, 0.2) is 0 Å². The molecule has 0 unspecified atom stereocenters. The molecule has 0 amide bonds. The smallest absolute Gasteiger partial charge is 0.318 e. The largest absolute Gasteiger partial charge is 0.480 e. The molecule has 0 aliphatic rings. The Kier molecular flexibility index (Phi) is 5.12. The Labute approximate surface area is 121 Å². The summed E-state index contributed by atoms with van der Waals surface area (Å²) in [6.45, 7) is -1.14. The molecule has 0 aliphatic carbocycles. The highest BCUT2D eigenvalue weighted by atomic mass is 35.5. The molecule has 0 fully saturated rings. The first-order valence-electron chi connectivity index (χ1n) is 5.18. The van der Waals surface area contributed by atoms with Gasteiger partial charge in [0.1, 0.15) is 12.6 Å². The Morgan fingerprint density at radius 2 is 2.15 bits per heavy atom. The molecule has 1 aromatic rings. The Bertz CT molecular complexity index is 716. The topological polar surface area (TPSA) is 98.5 Å². The molecule has 0 bridgehead atoms. The summed E-state index contributed by atoms with van der Waals surface area (Å²) in [6.07, 6.45) is 5.04. The summed E-state index contributed by atoms with van der Waals surface area (Å²) in [5, 5.41) is 17.4. The summed E-state index contributed by atoms with van der Waals surface area (Å²) in [5.74, 6) is 0.754. The minimum Gasteiger partial charge on any atom is -0.480 e. The molecule has 104 valence electrons. The fourth-order valence-electron chi connectivity index (χ4n) is 1.37. The summed E-state index contributed by atoms with van der Waals surface area (Å²) in [6, 6.07) is 5.29. The molecule has 0 saturated carbocycles. The molecular formula is C12H9ClN2O4S. The highest BCUT2D eigenvalue weighted by Gasteiger charge is 2.26. The van der Waals surface area contributed by atoms with Crippen LogP contribution in [0.15, 0.2) is 23.1 Å². The number of halogens is 1. The van der Waals surface area contributed by atoms with E-state index in [-0.39, 0.29) is 22.0 Å². The third-order valence-corrected chi connectivity index (χ3v) is 4.38. The number of terminal acetylenes is 1. The van der Waals surface area contributed by atoms with E-state index in [1.807, 2.05) is 0 Å². The van der Waals surface area contributed by atoms with Crippen LogP contribution in [0.25, 0.3) is 0 Å².